The van der Waals surface area contributed by atoms with Crippen LogP contribution >= 0.6 is 11.3 Å². The van der Waals surface area contributed by atoms with E-state index in [4.69, 9.17) is 4.74 Å². The Hall–Kier alpha value is -2.54. The van der Waals surface area contributed by atoms with Crippen LogP contribution in [0, 0.1) is 26.6 Å². The van der Waals surface area contributed by atoms with Gasteiger partial charge < -0.3 is 9.72 Å². The molecule has 3 rings (SSSR count). The van der Waals surface area contributed by atoms with Gasteiger partial charge in [-0.2, -0.15) is 0 Å². The van der Waals surface area contributed by atoms with Gasteiger partial charge in [-0.3, -0.25) is 4.79 Å². The highest BCUT2D eigenvalue weighted by atomic mass is 32.1. The van der Waals surface area contributed by atoms with E-state index in [1.807, 2.05) is 13.8 Å². The number of carbonyl (C=O) groups excluding carboxylic acids is 1. The average Bonchev–Trinajstić information content (AvgIpc) is 2.84. The van der Waals surface area contributed by atoms with E-state index in [1.54, 1.807) is 13.8 Å². The number of hydrogen-bond donors (Lipinski definition) is 1. The molecule has 7 heteroatoms. The number of fused-ring (bicyclic) bond motifs is 1. The maximum Gasteiger partial charge on any atom is 0.338 e. The van der Waals surface area contributed by atoms with Crippen molar-refractivity contribution in [1.29, 1.82) is 0 Å². The summed E-state index contributed by atoms with van der Waals surface area (Å²) in [7, 11) is 0. The lowest BCUT2D eigenvalue weighted by atomic mass is 10.1. The second-order valence-electron chi connectivity index (χ2n) is 5.93. The van der Waals surface area contributed by atoms with Crippen molar-refractivity contribution < 1.29 is 13.9 Å². The zero-order valence-electron chi connectivity index (χ0n) is 14.3. The maximum atomic E-state index is 13.6. The van der Waals surface area contributed by atoms with Crippen molar-refractivity contribution in [2.75, 3.05) is 0 Å². The van der Waals surface area contributed by atoms with Gasteiger partial charge in [0.05, 0.1) is 10.9 Å². The number of aryl methyl sites for hydroxylation is 3. The molecule has 0 unspecified atom stereocenters. The SMILES string of the molecule is Cc1ccc(C(=O)O[C@@H](C)c2nc3sc(C)c(C)c3c(=O)[nH]2)cc1F. The summed E-state index contributed by atoms with van der Waals surface area (Å²) in [6, 6.07) is 4.15. The highest BCUT2D eigenvalue weighted by Gasteiger charge is 2.19. The highest BCUT2D eigenvalue weighted by molar-refractivity contribution is 7.18. The van der Waals surface area contributed by atoms with Gasteiger partial charge in [-0.15, -0.1) is 11.3 Å². The van der Waals surface area contributed by atoms with Crippen LogP contribution in [-0.2, 0) is 4.74 Å². The van der Waals surface area contributed by atoms with E-state index in [2.05, 4.69) is 9.97 Å². The molecule has 0 aliphatic rings. The molecule has 0 aliphatic carbocycles. The van der Waals surface area contributed by atoms with Crippen LogP contribution in [0.25, 0.3) is 10.2 Å². The van der Waals surface area contributed by atoms with Crippen molar-refractivity contribution in [1.82, 2.24) is 9.97 Å². The maximum absolute atomic E-state index is 13.6. The predicted octanol–water partition coefficient (Wildman–Crippen LogP) is 3.97. The molecule has 0 radical (unpaired) electrons. The summed E-state index contributed by atoms with van der Waals surface area (Å²) in [5.74, 6) is -0.882. The summed E-state index contributed by atoms with van der Waals surface area (Å²) < 4.78 is 18.9. The van der Waals surface area contributed by atoms with Crippen LogP contribution < -0.4 is 5.56 Å². The van der Waals surface area contributed by atoms with E-state index >= 15 is 0 Å². The molecule has 1 aromatic carbocycles. The minimum Gasteiger partial charge on any atom is -0.451 e. The molecule has 0 saturated heterocycles. The summed E-state index contributed by atoms with van der Waals surface area (Å²) in [6.07, 6.45) is -0.767. The van der Waals surface area contributed by atoms with E-state index in [1.165, 1.54) is 23.5 Å². The van der Waals surface area contributed by atoms with Crippen molar-refractivity contribution in [3.8, 4) is 0 Å². The predicted molar refractivity (Wildman–Crippen MR) is 94.7 cm³/mol. The number of hydrogen-bond acceptors (Lipinski definition) is 5. The molecule has 25 heavy (non-hydrogen) atoms. The quantitative estimate of drug-likeness (QED) is 0.718. The van der Waals surface area contributed by atoms with Crippen LogP contribution in [-0.4, -0.2) is 15.9 Å². The molecule has 3 aromatic rings. The molecule has 0 saturated carbocycles. The molecular formula is C18H17FN2O3S. The molecule has 0 spiro atoms. The van der Waals surface area contributed by atoms with Crippen LogP contribution in [0.15, 0.2) is 23.0 Å². The molecule has 0 amide bonds. The number of nitrogens with one attached hydrogen (secondary N) is 1. The fourth-order valence-corrected chi connectivity index (χ4v) is 3.51. The lowest BCUT2D eigenvalue weighted by molar-refractivity contribution is 0.0319. The Bertz CT molecular complexity index is 1040. The average molecular weight is 360 g/mol. The lowest BCUT2D eigenvalue weighted by Gasteiger charge is -2.13. The van der Waals surface area contributed by atoms with Gasteiger partial charge in [0.15, 0.2) is 11.9 Å². The van der Waals surface area contributed by atoms with E-state index in [0.717, 1.165) is 16.5 Å². The number of nitrogens with zero attached hydrogens (tertiary/aromatic N) is 1. The smallest absolute Gasteiger partial charge is 0.338 e. The Labute approximate surface area is 147 Å². The molecule has 0 aliphatic heterocycles. The van der Waals surface area contributed by atoms with Crippen molar-refractivity contribution in [3.63, 3.8) is 0 Å². The van der Waals surface area contributed by atoms with Gasteiger partial charge in [0.2, 0.25) is 0 Å². The molecule has 5 nitrogen and oxygen atoms in total. The van der Waals surface area contributed by atoms with Crippen LogP contribution in [0.1, 0.15) is 45.2 Å². The molecule has 130 valence electrons. The van der Waals surface area contributed by atoms with Crippen molar-refractivity contribution >= 4 is 27.5 Å². The number of aromatic nitrogens is 2. The number of thiophene rings is 1. The third-order valence-corrected chi connectivity index (χ3v) is 5.23. The number of ether oxygens (including phenoxy) is 1. The molecule has 2 heterocycles. The number of esters is 1. The number of H-pyrrole nitrogens is 1. The van der Waals surface area contributed by atoms with E-state index in [-0.39, 0.29) is 16.9 Å². The van der Waals surface area contributed by atoms with Gasteiger partial charge in [0.25, 0.3) is 5.56 Å². The minimum absolute atomic E-state index is 0.112. The number of halogens is 1. The number of aromatic amines is 1. The van der Waals surface area contributed by atoms with Gasteiger partial charge in [-0.05, 0) is 51.0 Å². The molecule has 1 N–H and O–H groups in total. The Morgan fingerprint density at radius 2 is 2.04 bits per heavy atom. The molecule has 0 bridgehead atoms. The summed E-state index contributed by atoms with van der Waals surface area (Å²) in [5.41, 5.74) is 1.21. The van der Waals surface area contributed by atoms with Crippen molar-refractivity contribution in [3.05, 3.63) is 61.8 Å². The van der Waals surface area contributed by atoms with Crippen molar-refractivity contribution in [2.45, 2.75) is 33.8 Å². The summed E-state index contributed by atoms with van der Waals surface area (Å²) >= 11 is 1.42. The third kappa shape index (κ3) is 3.19. The van der Waals surface area contributed by atoms with Gasteiger partial charge >= 0.3 is 5.97 Å². The summed E-state index contributed by atoms with van der Waals surface area (Å²) in [6.45, 7) is 7.03. The highest BCUT2D eigenvalue weighted by Crippen LogP contribution is 2.27. The Kier molecular flexibility index (Phi) is 4.43. The fourth-order valence-electron chi connectivity index (χ4n) is 2.47. The van der Waals surface area contributed by atoms with Gasteiger partial charge in [-0.25, -0.2) is 14.2 Å². The standard InChI is InChI=1S/C18H17FN2O3S/c1-8-5-6-12(7-13(8)19)18(23)24-10(3)15-20-16(22)14-9(2)11(4)25-17(14)21-15/h5-7,10H,1-4H3,(H,20,21,22)/t10-/m0/s1. The summed E-state index contributed by atoms with van der Waals surface area (Å²) in [5, 5.41) is 0.561. The first-order valence-corrected chi connectivity index (χ1v) is 8.56. The number of benzene rings is 1. The topological polar surface area (TPSA) is 72.0 Å². The van der Waals surface area contributed by atoms with Gasteiger partial charge in [0.1, 0.15) is 10.6 Å². The van der Waals surface area contributed by atoms with Crippen LogP contribution in [0.3, 0.4) is 0 Å². The van der Waals surface area contributed by atoms with Crippen LogP contribution in [0.5, 0.6) is 0 Å². The lowest BCUT2D eigenvalue weighted by Crippen LogP contribution is -2.17. The zero-order valence-corrected chi connectivity index (χ0v) is 15.1. The molecule has 1 atom stereocenters. The van der Waals surface area contributed by atoms with E-state index in [9.17, 15) is 14.0 Å². The Morgan fingerprint density at radius 1 is 1.32 bits per heavy atom. The zero-order chi connectivity index (χ0) is 18.3. The monoisotopic (exact) mass is 360 g/mol. The van der Waals surface area contributed by atoms with E-state index in [0.29, 0.717) is 15.8 Å². The van der Waals surface area contributed by atoms with Crippen molar-refractivity contribution in [2.24, 2.45) is 0 Å². The van der Waals surface area contributed by atoms with Crippen LogP contribution in [0.2, 0.25) is 0 Å². The molecule has 2 aromatic heterocycles. The first-order chi connectivity index (χ1) is 11.8. The Balaban J connectivity index is 1.89. The molecular weight excluding hydrogens is 343 g/mol. The first-order valence-electron chi connectivity index (χ1n) is 7.75. The largest absolute Gasteiger partial charge is 0.451 e. The van der Waals surface area contributed by atoms with Gasteiger partial charge in [0, 0.05) is 4.88 Å². The molecule has 0 fully saturated rings. The Morgan fingerprint density at radius 3 is 2.72 bits per heavy atom. The normalized spacial score (nSPS) is 12.4. The minimum atomic E-state index is -0.767. The number of carbonyl (C=O) groups is 1. The van der Waals surface area contributed by atoms with Crippen LogP contribution in [0.4, 0.5) is 4.39 Å². The third-order valence-electron chi connectivity index (χ3n) is 4.13. The van der Waals surface area contributed by atoms with E-state index < -0.39 is 17.9 Å². The fraction of sp³-hybridized carbons (Fsp3) is 0.278. The first kappa shape index (κ1) is 17.3. The second-order valence-corrected chi connectivity index (χ2v) is 7.13. The summed E-state index contributed by atoms with van der Waals surface area (Å²) in [4.78, 5) is 33.2. The second kappa shape index (κ2) is 6.40. The van der Waals surface area contributed by atoms with Gasteiger partial charge in [-0.1, -0.05) is 6.07 Å². The number of rotatable bonds is 3.